The van der Waals surface area contributed by atoms with Gasteiger partial charge in [-0.05, 0) is 28.8 Å². The summed E-state index contributed by atoms with van der Waals surface area (Å²) in [7, 11) is 1.63. The fourth-order valence-corrected chi connectivity index (χ4v) is 3.81. The van der Waals surface area contributed by atoms with Crippen LogP contribution in [0, 0.1) is 5.92 Å². The summed E-state index contributed by atoms with van der Waals surface area (Å²) in [5, 5.41) is 6.64. The van der Waals surface area contributed by atoms with E-state index >= 15 is 0 Å². The summed E-state index contributed by atoms with van der Waals surface area (Å²) >= 11 is 1.59. The van der Waals surface area contributed by atoms with Gasteiger partial charge in [-0.2, -0.15) is 11.3 Å². The summed E-state index contributed by atoms with van der Waals surface area (Å²) < 4.78 is 5.68. The van der Waals surface area contributed by atoms with Gasteiger partial charge in [-0.25, -0.2) is 0 Å². The van der Waals surface area contributed by atoms with Crippen molar-refractivity contribution in [2.45, 2.75) is 25.0 Å². The van der Waals surface area contributed by atoms with Gasteiger partial charge in [-0.3, -0.25) is 9.59 Å². The van der Waals surface area contributed by atoms with E-state index in [2.05, 4.69) is 5.32 Å². The normalized spacial score (nSPS) is 28.4. The second kappa shape index (κ2) is 5.54. The second-order valence-electron chi connectivity index (χ2n) is 5.27. The van der Waals surface area contributed by atoms with Gasteiger partial charge in [0.1, 0.15) is 0 Å². The minimum atomic E-state index is -0.237. The first-order valence-corrected chi connectivity index (χ1v) is 7.78. The van der Waals surface area contributed by atoms with E-state index in [0.717, 1.165) is 12.0 Å². The molecule has 20 heavy (non-hydrogen) atoms. The molecule has 2 amide bonds. The van der Waals surface area contributed by atoms with Crippen molar-refractivity contribution in [1.29, 1.82) is 0 Å². The van der Waals surface area contributed by atoms with E-state index in [0.29, 0.717) is 19.6 Å². The van der Waals surface area contributed by atoms with E-state index in [1.54, 1.807) is 18.4 Å². The maximum absolute atomic E-state index is 12.5. The summed E-state index contributed by atoms with van der Waals surface area (Å²) in [5.74, 6) is -0.179. The van der Waals surface area contributed by atoms with Crippen molar-refractivity contribution in [1.82, 2.24) is 10.2 Å². The van der Waals surface area contributed by atoms with Crippen LogP contribution >= 0.6 is 11.3 Å². The van der Waals surface area contributed by atoms with E-state index < -0.39 is 0 Å². The molecule has 0 unspecified atom stereocenters. The Balaban J connectivity index is 1.73. The van der Waals surface area contributed by atoms with Crippen LogP contribution in [0.5, 0.6) is 0 Å². The lowest BCUT2D eigenvalue weighted by atomic mass is 10.0. The average molecular weight is 294 g/mol. The fraction of sp³-hybridized carbons (Fsp3) is 0.571. The Kier molecular flexibility index (Phi) is 3.76. The molecule has 1 aromatic rings. The molecule has 5 nitrogen and oxygen atoms in total. The highest BCUT2D eigenvalue weighted by Crippen LogP contribution is 2.34. The van der Waals surface area contributed by atoms with Gasteiger partial charge in [0, 0.05) is 20.2 Å². The maximum Gasteiger partial charge on any atom is 0.227 e. The number of hydrogen-bond donors (Lipinski definition) is 1. The van der Waals surface area contributed by atoms with Gasteiger partial charge in [0.15, 0.2) is 0 Å². The van der Waals surface area contributed by atoms with Crippen LogP contribution in [-0.4, -0.2) is 49.1 Å². The number of carbonyl (C=O) groups excluding carboxylic acids is 2. The average Bonchev–Trinajstić information content (AvgIpc) is 3.13. The van der Waals surface area contributed by atoms with Gasteiger partial charge in [-0.15, -0.1) is 0 Å². The van der Waals surface area contributed by atoms with E-state index in [-0.39, 0.29) is 29.9 Å². The monoisotopic (exact) mass is 294 g/mol. The number of likely N-dealkylation sites (tertiary alicyclic amines) is 1. The van der Waals surface area contributed by atoms with Gasteiger partial charge in [-0.1, -0.05) is 0 Å². The minimum absolute atomic E-state index is 0.0345. The van der Waals surface area contributed by atoms with Crippen LogP contribution in [0.15, 0.2) is 16.8 Å². The molecule has 3 rings (SSSR count). The summed E-state index contributed by atoms with van der Waals surface area (Å²) in [6.07, 6.45) is 1.10. The summed E-state index contributed by atoms with van der Waals surface area (Å²) in [4.78, 5) is 26.2. The highest BCUT2D eigenvalue weighted by Gasteiger charge is 2.49. The molecule has 2 aliphatic heterocycles. The molecule has 3 atom stereocenters. The van der Waals surface area contributed by atoms with Crippen LogP contribution in [0.1, 0.15) is 12.0 Å². The molecule has 0 radical (unpaired) electrons. The van der Waals surface area contributed by atoms with Gasteiger partial charge >= 0.3 is 0 Å². The van der Waals surface area contributed by atoms with Crippen LogP contribution in [0.2, 0.25) is 0 Å². The lowest BCUT2D eigenvalue weighted by Crippen LogP contribution is -2.38. The molecule has 0 spiro atoms. The zero-order valence-electron chi connectivity index (χ0n) is 11.4. The SMILES string of the molecule is CNC(=O)[C@@H]1CN(C(=O)Cc2ccsc2)[C@H]2CCO[C@@H]12. The third-order valence-electron chi connectivity index (χ3n) is 4.13. The summed E-state index contributed by atoms with van der Waals surface area (Å²) in [6, 6.07) is 2.03. The molecule has 1 aromatic heterocycles. The Bertz CT molecular complexity index is 503. The van der Waals surface area contributed by atoms with Gasteiger partial charge in [0.2, 0.25) is 11.8 Å². The topological polar surface area (TPSA) is 58.6 Å². The molecule has 0 saturated carbocycles. The van der Waals surface area contributed by atoms with Crippen molar-refractivity contribution in [2.75, 3.05) is 20.2 Å². The molecule has 108 valence electrons. The lowest BCUT2D eigenvalue weighted by molar-refractivity contribution is -0.131. The Hall–Kier alpha value is -1.40. The van der Waals surface area contributed by atoms with Gasteiger partial charge in [0.25, 0.3) is 0 Å². The van der Waals surface area contributed by atoms with Crippen molar-refractivity contribution in [3.63, 3.8) is 0 Å². The Morgan fingerprint density at radius 3 is 3.10 bits per heavy atom. The highest BCUT2D eigenvalue weighted by atomic mass is 32.1. The number of fused-ring (bicyclic) bond motifs is 1. The van der Waals surface area contributed by atoms with E-state index in [9.17, 15) is 9.59 Å². The zero-order chi connectivity index (χ0) is 14.1. The maximum atomic E-state index is 12.5. The third-order valence-corrected chi connectivity index (χ3v) is 4.86. The molecule has 0 aromatic carbocycles. The number of nitrogens with zero attached hydrogens (tertiary/aromatic N) is 1. The van der Waals surface area contributed by atoms with Gasteiger partial charge in [0.05, 0.1) is 24.5 Å². The van der Waals surface area contributed by atoms with Crippen molar-refractivity contribution in [3.05, 3.63) is 22.4 Å². The van der Waals surface area contributed by atoms with Crippen LogP contribution in [0.3, 0.4) is 0 Å². The molecular formula is C14H18N2O3S. The van der Waals surface area contributed by atoms with Crippen molar-refractivity contribution in [3.8, 4) is 0 Å². The Morgan fingerprint density at radius 2 is 2.40 bits per heavy atom. The van der Waals surface area contributed by atoms with Crippen LogP contribution in [-0.2, 0) is 20.7 Å². The highest BCUT2D eigenvalue weighted by molar-refractivity contribution is 7.07. The summed E-state index contributed by atoms with van der Waals surface area (Å²) in [5.41, 5.74) is 1.04. The van der Waals surface area contributed by atoms with Crippen LogP contribution in [0.4, 0.5) is 0 Å². The lowest BCUT2D eigenvalue weighted by Gasteiger charge is -2.22. The molecule has 1 N–H and O–H groups in total. The van der Waals surface area contributed by atoms with Crippen molar-refractivity contribution >= 4 is 23.2 Å². The number of thiophene rings is 1. The minimum Gasteiger partial charge on any atom is -0.375 e. The molecule has 2 aliphatic rings. The first-order chi connectivity index (χ1) is 9.70. The number of nitrogens with one attached hydrogen (secondary N) is 1. The van der Waals surface area contributed by atoms with Crippen molar-refractivity contribution < 1.29 is 14.3 Å². The number of ether oxygens (including phenoxy) is 1. The predicted octanol–water partition coefficient (Wildman–Crippen LogP) is 0.652. The molecule has 3 heterocycles. The fourth-order valence-electron chi connectivity index (χ4n) is 3.14. The molecule has 2 fully saturated rings. The van der Waals surface area contributed by atoms with Crippen LogP contribution in [0.25, 0.3) is 0 Å². The smallest absolute Gasteiger partial charge is 0.227 e. The van der Waals surface area contributed by atoms with Crippen LogP contribution < -0.4 is 5.32 Å². The summed E-state index contributed by atoms with van der Waals surface area (Å²) in [6.45, 7) is 1.10. The first-order valence-electron chi connectivity index (χ1n) is 6.84. The molecule has 6 heteroatoms. The largest absolute Gasteiger partial charge is 0.375 e. The predicted molar refractivity (Wildman–Crippen MR) is 75.4 cm³/mol. The number of amides is 2. The van der Waals surface area contributed by atoms with E-state index in [1.165, 1.54) is 0 Å². The van der Waals surface area contributed by atoms with Crippen molar-refractivity contribution in [2.24, 2.45) is 5.92 Å². The van der Waals surface area contributed by atoms with E-state index in [1.807, 2.05) is 21.7 Å². The number of hydrogen-bond acceptors (Lipinski definition) is 4. The number of carbonyl (C=O) groups is 2. The first kappa shape index (κ1) is 13.6. The van der Waals surface area contributed by atoms with Gasteiger partial charge < -0.3 is 15.0 Å². The third kappa shape index (κ3) is 2.33. The van der Waals surface area contributed by atoms with E-state index in [4.69, 9.17) is 4.74 Å². The Labute approximate surface area is 121 Å². The standard InChI is InChI=1S/C14H18N2O3S/c1-15-14(18)10-7-16(11-2-4-19-13(10)11)12(17)6-9-3-5-20-8-9/h3,5,8,10-11,13H,2,4,6-7H2,1H3,(H,15,18)/t10-,11+,13+/m1/s1. The second-order valence-corrected chi connectivity index (χ2v) is 6.05. The molecular weight excluding hydrogens is 276 g/mol. The number of rotatable bonds is 3. The quantitative estimate of drug-likeness (QED) is 0.890. The molecule has 2 saturated heterocycles. The Morgan fingerprint density at radius 1 is 1.55 bits per heavy atom. The molecule has 0 aliphatic carbocycles. The molecule has 0 bridgehead atoms. The zero-order valence-corrected chi connectivity index (χ0v) is 12.2.